The first-order valence-electron chi connectivity index (χ1n) is 9.92. The van der Waals surface area contributed by atoms with Crippen molar-refractivity contribution < 1.29 is 47.0 Å². The number of carbonyl (C=O) groups is 1. The number of allylic oxidation sites excluding steroid dienone is 4. The molecule has 0 aromatic carbocycles. The van der Waals surface area contributed by atoms with Crippen LogP contribution < -0.4 is 28.6 Å². The van der Waals surface area contributed by atoms with E-state index in [2.05, 4.69) is 36.8 Å². The molecule has 4 bridgehead atoms. The molecule has 145 valence electrons. The van der Waals surface area contributed by atoms with Gasteiger partial charge in [0.25, 0.3) is 0 Å². The Bertz CT molecular complexity index is 596. The van der Waals surface area contributed by atoms with Gasteiger partial charge in [0.15, 0.2) is 0 Å². The molecule has 0 saturated heterocycles. The largest absolute Gasteiger partial charge is 1.00 e. The summed E-state index contributed by atoms with van der Waals surface area (Å²) in [6.07, 6.45) is 11.4. The Labute approximate surface area is 178 Å². The van der Waals surface area contributed by atoms with Gasteiger partial charge in [0.1, 0.15) is 0 Å². The van der Waals surface area contributed by atoms with Crippen LogP contribution >= 0.6 is 0 Å². The molecule has 5 aliphatic rings. The number of rotatable bonds is 4. The van der Waals surface area contributed by atoms with Gasteiger partial charge in [-0.2, -0.15) is 0 Å². The molecule has 2 nitrogen and oxygen atoms in total. The fraction of sp³-hybridized carbons (Fsp3) is 0.750. The summed E-state index contributed by atoms with van der Waals surface area (Å²) in [7, 11) is 0. The standard InChI is InChI=1S/C11H17NO.C7H9.C2H7Si.2ClH.Ti/c12-10(13)11-4-7-1-8(5-11)3-9(2-7)6-11;1-6-4-3-5-7(6)2;1-3-2;;;/h7-9H,1-6H2,(H2,12,13);4H,5H2,1-2H3;3H,1-2H3;2*1H;/q;;;;;+3/p-3. The van der Waals surface area contributed by atoms with Gasteiger partial charge in [0.05, 0.1) is 0 Å². The van der Waals surface area contributed by atoms with Crippen molar-refractivity contribution in [2.75, 3.05) is 0 Å². The van der Waals surface area contributed by atoms with Crippen LogP contribution in [0.15, 0.2) is 21.1 Å². The first kappa shape index (κ1) is 22.7. The molecule has 4 saturated carbocycles. The van der Waals surface area contributed by atoms with E-state index in [0.29, 0.717) is 5.91 Å². The molecule has 0 unspecified atom stereocenters. The smallest absolute Gasteiger partial charge is 1.00 e. The molecular formula is C20H32Cl2NOSiTi. The maximum atomic E-state index is 13.4. The van der Waals surface area contributed by atoms with Gasteiger partial charge in [-0.1, -0.05) is 0 Å². The van der Waals surface area contributed by atoms with Gasteiger partial charge in [-0.15, -0.1) is 0 Å². The van der Waals surface area contributed by atoms with Crippen molar-refractivity contribution in [3.05, 3.63) is 21.1 Å². The van der Waals surface area contributed by atoms with Crippen molar-refractivity contribution >= 4 is 12.6 Å². The molecule has 0 aromatic heterocycles. The molecule has 6 heteroatoms. The summed E-state index contributed by atoms with van der Waals surface area (Å²) in [4.78, 5) is 13.4. The molecule has 1 amide bonds. The van der Waals surface area contributed by atoms with Crippen molar-refractivity contribution in [2.24, 2.45) is 23.2 Å². The molecule has 5 rings (SSSR count). The third-order valence-electron chi connectivity index (χ3n) is 7.21. The minimum Gasteiger partial charge on any atom is -1.00 e. The van der Waals surface area contributed by atoms with E-state index < -0.39 is 24.0 Å². The molecule has 5 aliphatic carbocycles. The molecule has 26 heavy (non-hydrogen) atoms. The molecule has 0 radical (unpaired) electrons. The van der Waals surface area contributed by atoms with Crippen LogP contribution in [0, 0.1) is 23.2 Å². The van der Waals surface area contributed by atoms with Gasteiger partial charge in [-0.3, -0.25) is 0 Å². The summed E-state index contributed by atoms with van der Waals surface area (Å²) in [5, 5.41) is 0. The zero-order valence-corrected chi connectivity index (χ0v) is 20.7. The Kier molecular flexibility index (Phi) is 7.39. The first-order chi connectivity index (χ1) is 11.4. The second-order valence-corrected chi connectivity index (χ2v) is 22.3. The molecule has 0 aromatic rings. The third-order valence-corrected chi connectivity index (χ3v) is 18.3. The average Bonchev–Trinajstić information content (AvgIpc) is 2.82. The number of hydrogen-bond acceptors (Lipinski definition) is 1. The zero-order valence-electron chi connectivity index (χ0n) is 16.5. The summed E-state index contributed by atoms with van der Waals surface area (Å²) in [6.45, 7) is 8.61. The monoisotopic (exact) mass is 448 g/mol. The van der Waals surface area contributed by atoms with Crippen LogP contribution in [0.3, 0.4) is 0 Å². The van der Waals surface area contributed by atoms with Gasteiger partial charge >= 0.3 is 155 Å². The number of carbonyl (C=O) groups excluding carboxylic acids is 1. The van der Waals surface area contributed by atoms with E-state index in [-0.39, 0.29) is 30.2 Å². The van der Waals surface area contributed by atoms with Gasteiger partial charge in [-0.05, 0) is 0 Å². The van der Waals surface area contributed by atoms with Crippen LogP contribution in [0.5, 0.6) is 0 Å². The van der Waals surface area contributed by atoms with Crippen molar-refractivity contribution in [1.29, 1.82) is 0 Å². The van der Waals surface area contributed by atoms with E-state index in [4.69, 9.17) is 0 Å². The molecule has 0 aliphatic heterocycles. The third kappa shape index (κ3) is 4.08. The van der Waals surface area contributed by atoms with E-state index in [1.807, 2.05) is 0 Å². The van der Waals surface area contributed by atoms with Gasteiger partial charge in [0.2, 0.25) is 0 Å². The van der Waals surface area contributed by atoms with Crippen LogP contribution in [0.1, 0.15) is 58.8 Å². The summed E-state index contributed by atoms with van der Waals surface area (Å²) in [6, 6.07) is 0. The summed E-state index contributed by atoms with van der Waals surface area (Å²) >= 11 is -1.59. The number of amides is 1. The SMILES string of the molecule is CC1=C(C)C[C]([Ti+2]([NH]C(=O)C23CC4CC(CC(C4)C2)C3)[SiH](C)C)=C1.[Cl-].[Cl-]. The molecule has 0 spiro atoms. The second kappa shape index (κ2) is 8.45. The predicted molar refractivity (Wildman–Crippen MR) is 98.7 cm³/mol. The summed E-state index contributed by atoms with van der Waals surface area (Å²) < 4.78 is 5.39. The fourth-order valence-electron chi connectivity index (χ4n) is 6.27. The van der Waals surface area contributed by atoms with Crippen molar-refractivity contribution in [1.82, 2.24) is 3.80 Å². The normalized spacial score (nSPS) is 34.3. The zero-order chi connectivity index (χ0) is 17.1. The quantitative estimate of drug-likeness (QED) is 0.519. The topological polar surface area (TPSA) is 29.1 Å². The minimum atomic E-state index is -1.59. The van der Waals surface area contributed by atoms with Gasteiger partial charge < -0.3 is 24.8 Å². The van der Waals surface area contributed by atoms with Crippen LogP contribution in [-0.4, -0.2) is 12.6 Å². The van der Waals surface area contributed by atoms with Crippen LogP contribution in [0.25, 0.3) is 0 Å². The Balaban J connectivity index is 0.00000121. The van der Waals surface area contributed by atoms with E-state index in [1.54, 1.807) is 3.88 Å². The Morgan fingerprint density at radius 3 is 1.96 bits per heavy atom. The first-order valence-corrected chi connectivity index (χ1v) is 17.1. The van der Waals surface area contributed by atoms with Crippen molar-refractivity contribution in [2.45, 2.75) is 71.9 Å². The summed E-state index contributed by atoms with van der Waals surface area (Å²) in [5.41, 5.74) is 3.01. The van der Waals surface area contributed by atoms with E-state index in [1.165, 1.54) is 49.7 Å². The van der Waals surface area contributed by atoms with Gasteiger partial charge in [0, 0.05) is 0 Å². The molecule has 4 fully saturated rings. The van der Waals surface area contributed by atoms with Crippen molar-refractivity contribution in [3.63, 3.8) is 0 Å². The molecular weight excluding hydrogens is 417 g/mol. The maximum absolute atomic E-state index is 13.4. The average molecular weight is 449 g/mol. The Morgan fingerprint density at radius 1 is 1.08 bits per heavy atom. The Hall–Kier alpha value is 0.461. The molecule has 1 N–H and O–H groups in total. The fourth-order valence-corrected chi connectivity index (χ4v) is 15.8. The van der Waals surface area contributed by atoms with E-state index in [0.717, 1.165) is 24.2 Å². The number of hydrogen-bond donors (Lipinski definition) is 1. The summed E-state index contributed by atoms with van der Waals surface area (Å²) in [5.74, 6) is 3.07. The Morgan fingerprint density at radius 2 is 1.58 bits per heavy atom. The molecule has 0 heterocycles. The number of nitrogens with one attached hydrogen (secondary N) is 1. The molecule has 0 atom stereocenters. The van der Waals surface area contributed by atoms with E-state index in [9.17, 15) is 4.79 Å². The number of halogens is 2. The van der Waals surface area contributed by atoms with Gasteiger partial charge in [-0.25, -0.2) is 0 Å². The second-order valence-electron chi connectivity index (χ2n) is 9.53. The minimum absolute atomic E-state index is 0. The van der Waals surface area contributed by atoms with E-state index >= 15 is 0 Å². The maximum Gasteiger partial charge on any atom is -1.00 e. The van der Waals surface area contributed by atoms with Crippen LogP contribution in [0.2, 0.25) is 13.1 Å². The van der Waals surface area contributed by atoms with Crippen molar-refractivity contribution in [3.8, 4) is 0 Å². The van der Waals surface area contributed by atoms with Crippen LogP contribution in [0.4, 0.5) is 0 Å². The van der Waals surface area contributed by atoms with Crippen LogP contribution in [-0.2, 0) is 22.2 Å². The predicted octanol–water partition coefficient (Wildman–Crippen LogP) is -1.53.